The molecule has 0 unspecified atom stereocenters. The van der Waals surface area contributed by atoms with E-state index in [1.165, 1.54) is 12.4 Å². The summed E-state index contributed by atoms with van der Waals surface area (Å²) in [5, 5.41) is 6.23. The van der Waals surface area contributed by atoms with E-state index in [2.05, 4.69) is 4.98 Å². The molecule has 0 amide bonds. The molecule has 1 heterocycles. The topological polar surface area (TPSA) is 148 Å². The van der Waals surface area contributed by atoms with E-state index in [1.54, 1.807) is 12.1 Å². The Bertz CT molecular complexity index is 477. The molecule has 0 aliphatic heterocycles. The van der Waals surface area contributed by atoms with E-state index in [0.29, 0.717) is 5.56 Å². The van der Waals surface area contributed by atoms with Gasteiger partial charge in [0.2, 0.25) is 0 Å². The molecule has 0 aromatic carbocycles. The van der Waals surface area contributed by atoms with Gasteiger partial charge in [-0.1, -0.05) is 6.07 Å². The molecule has 5 N–H and O–H groups in total. The van der Waals surface area contributed by atoms with E-state index >= 15 is 0 Å². The maximum Gasteiger partial charge on any atom is 0.369 e. The van der Waals surface area contributed by atoms with Crippen molar-refractivity contribution in [3.63, 3.8) is 0 Å². The number of nitrogens with zero attached hydrogens (tertiary/aromatic N) is 1. The summed E-state index contributed by atoms with van der Waals surface area (Å²) >= 11 is 0. The van der Waals surface area contributed by atoms with Crippen molar-refractivity contribution in [1.82, 2.24) is 4.98 Å². The molecular formula is C8H13NNaO7P2. The first-order valence-electron chi connectivity index (χ1n) is 4.80. The fraction of sp³-hybridized carbons (Fsp3) is 0.375. The quantitative estimate of drug-likeness (QED) is 0.365. The average Bonchev–Trinajstić information content (AvgIpc) is 2.24. The summed E-state index contributed by atoms with van der Waals surface area (Å²) in [5.41, 5.74) is 0.498. The van der Waals surface area contributed by atoms with Crippen molar-refractivity contribution in [3.8, 4) is 0 Å². The molecule has 0 saturated heterocycles. The zero-order chi connectivity index (χ0) is 14.0. The second-order valence-electron chi connectivity index (χ2n) is 3.72. The van der Waals surface area contributed by atoms with Crippen LogP contribution in [0.2, 0.25) is 0 Å². The summed E-state index contributed by atoms with van der Waals surface area (Å²) in [6.07, 6.45) is 1.95. The monoisotopic (exact) mass is 320 g/mol. The third-order valence-corrected chi connectivity index (χ3v) is 6.28. The molecule has 0 spiro atoms. The minimum Gasteiger partial charge on any atom is -0.368 e. The molecule has 0 bridgehead atoms. The van der Waals surface area contributed by atoms with Crippen LogP contribution in [0.15, 0.2) is 24.5 Å². The van der Waals surface area contributed by atoms with E-state index < -0.39 is 26.7 Å². The van der Waals surface area contributed by atoms with Crippen molar-refractivity contribution >= 4 is 44.7 Å². The SMILES string of the molecule is O=P(O)(O)C(O)(CCc1cccnc1)P(=O)(O)O.[Na]. The smallest absolute Gasteiger partial charge is 0.368 e. The minimum atomic E-state index is -5.37. The zero-order valence-electron chi connectivity index (χ0n) is 10.1. The molecule has 103 valence electrons. The van der Waals surface area contributed by atoms with Gasteiger partial charge in [-0.3, -0.25) is 14.1 Å². The number of aromatic nitrogens is 1. The van der Waals surface area contributed by atoms with Crippen LogP contribution in [0.25, 0.3) is 0 Å². The van der Waals surface area contributed by atoms with Gasteiger partial charge in [0.15, 0.2) is 0 Å². The largest absolute Gasteiger partial charge is 0.369 e. The normalized spacial score (nSPS) is 12.9. The Kier molecular flexibility index (Phi) is 7.06. The molecule has 1 aromatic rings. The van der Waals surface area contributed by atoms with Crippen molar-refractivity contribution in [2.45, 2.75) is 17.9 Å². The molecular weight excluding hydrogens is 307 g/mol. The first kappa shape index (κ1) is 19.4. The summed E-state index contributed by atoms with van der Waals surface area (Å²) in [4.78, 5) is 39.4. The molecule has 19 heavy (non-hydrogen) atoms. The molecule has 1 rings (SSSR count). The Labute approximate surface area is 131 Å². The van der Waals surface area contributed by atoms with E-state index in [1.807, 2.05) is 0 Å². The van der Waals surface area contributed by atoms with Crippen LogP contribution in [0.1, 0.15) is 12.0 Å². The standard InChI is InChI=1S/C8H13NO7P2.Na/c10-8(17(11,12)13,18(14,15)16)4-3-7-2-1-5-9-6-7;/h1-2,5-6,10H,3-4H2,(H2,11,12,13)(H2,14,15,16);. The van der Waals surface area contributed by atoms with Crippen LogP contribution in [-0.2, 0) is 15.6 Å². The Balaban J connectivity index is 0.00000324. The number of aryl methyl sites for hydroxylation is 1. The van der Waals surface area contributed by atoms with Gasteiger partial charge in [0.1, 0.15) is 0 Å². The number of rotatable bonds is 5. The maximum atomic E-state index is 11.1. The summed E-state index contributed by atoms with van der Waals surface area (Å²) < 4.78 is 22.1. The van der Waals surface area contributed by atoms with Crippen molar-refractivity contribution in [3.05, 3.63) is 30.1 Å². The maximum absolute atomic E-state index is 11.1. The van der Waals surface area contributed by atoms with Gasteiger partial charge in [0.05, 0.1) is 0 Å². The molecule has 11 heteroatoms. The van der Waals surface area contributed by atoms with Crippen LogP contribution < -0.4 is 0 Å². The van der Waals surface area contributed by atoms with Crippen LogP contribution in [0.4, 0.5) is 0 Å². The van der Waals surface area contributed by atoms with E-state index in [9.17, 15) is 14.2 Å². The first-order valence-corrected chi connectivity index (χ1v) is 8.03. The van der Waals surface area contributed by atoms with Crippen LogP contribution >= 0.6 is 15.2 Å². The van der Waals surface area contributed by atoms with Crippen LogP contribution in [0, 0.1) is 0 Å². The number of hydrogen-bond acceptors (Lipinski definition) is 4. The van der Waals surface area contributed by atoms with Gasteiger partial charge >= 0.3 is 15.2 Å². The second kappa shape index (κ2) is 6.91. The molecule has 0 atom stereocenters. The molecule has 0 fully saturated rings. The predicted molar refractivity (Wildman–Crippen MR) is 67.4 cm³/mol. The third kappa shape index (κ3) is 4.72. The molecule has 0 aliphatic carbocycles. The Hall–Kier alpha value is 0.410. The molecule has 0 saturated carbocycles. The van der Waals surface area contributed by atoms with Crippen molar-refractivity contribution in [1.29, 1.82) is 0 Å². The van der Waals surface area contributed by atoms with Gasteiger partial charge in [-0.25, -0.2) is 0 Å². The molecule has 1 aromatic heterocycles. The average molecular weight is 320 g/mol. The van der Waals surface area contributed by atoms with Crippen molar-refractivity contribution < 1.29 is 33.8 Å². The van der Waals surface area contributed by atoms with Crippen molar-refractivity contribution in [2.24, 2.45) is 0 Å². The number of pyridine rings is 1. The number of aliphatic hydroxyl groups is 1. The van der Waals surface area contributed by atoms with E-state index in [-0.39, 0.29) is 36.0 Å². The molecule has 1 radical (unpaired) electrons. The predicted octanol–water partition coefficient (Wildman–Crippen LogP) is -0.365. The van der Waals surface area contributed by atoms with Gasteiger partial charge in [-0.2, -0.15) is 0 Å². The summed E-state index contributed by atoms with van der Waals surface area (Å²) in [5.74, 6) is 0. The van der Waals surface area contributed by atoms with Gasteiger partial charge < -0.3 is 24.7 Å². The summed E-state index contributed by atoms with van der Waals surface area (Å²) in [7, 11) is -10.7. The van der Waals surface area contributed by atoms with Gasteiger partial charge in [-0.15, -0.1) is 0 Å². The Morgan fingerprint density at radius 3 is 2.05 bits per heavy atom. The van der Waals surface area contributed by atoms with Crippen LogP contribution in [0.3, 0.4) is 0 Å². The fourth-order valence-electron chi connectivity index (χ4n) is 1.32. The van der Waals surface area contributed by atoms with Crippen LogP contribution in [0.5, 0.6) is 0 Å². The number of hydrogen-bond donors (Lipinski definition) is 5. The van der Waals surface area contributed by atoms with Gasteiger partial charge in [0, 0.05) is 48.4 Å². The molecule has 8 nitrogen and oxygen atoms in total. The van der Waals surface area contributed by atoms with Gasteiger partial charge in [-0.05, 0) is 18.1 Å². The Morgan fingerprint density at radius 2 is 1.68 bits per heavy atom. The summed E-state index contributed by atoms with van der Waals surface area (Å²) in [6.45, 7) is 0. The van der Waals surface area contributed by atoms with Crippen LogP contribution in [-0.4, -0.2) is 64.3 Å². The second-order valence-corrected chi connectivity index (χ2v) is 7.73. The van der Waals surface area contributed by atoms with E-state index in [0.717, 1.165) is 0 Å². The summed E-state index contributed by atoms with van der Waals surface area (Å²) in [6, 6.07) is 3.12. The van der Waals surface area contributed by atoms with Gasteiger partial charge in [0.25, 0.3) is 5.08 Å². The van der Waals surface area contributed by atoms with E-state index in [4.69, 9.17) is 19.6 Å². The first-order chi connectivity index (χ1) is 8.08. The van der Waals surface area contributed by atoms with Crippen molar-refractivity contribution in [2.75, 3.05) is 0 Å². The fourth-order valence-corrected chi connectivity index (χ4v) is 3.48. The Morgan fingerprint density at radius 1 is 1.16 bits per heavy atom. The zero-order valence-corrected chi connectivity index (χ0v) is 13.9. The minimum absolute atomic E-state index is 0. The molecule has 0 aliphatic rings. The third-order valence-electron chi connectivity index (χ3n) is 2.40.